The van der Waals surface area contributed by atoms with Gasteiger partial charge >= 0.3 is 0 Å². The quantitative estimate of drug-likeness (QED) is 0.809. The van der Waals surface area contributed by atoms with Crippen LogP contribution in [0.3, 0.4) is 0 Å². The van der Waals surface area contributed by atoms with Gasteiger partial charge < -0.3 is 9.08 Å². The molecule has 3 nitrogen and oxygen atoms in total. The van der Waals surface area contributed by atoms with Gasteiger partial charge in [-0.25, -0.2) is 0 Å². The Balaban J connectivity index is 1.74. The summed E-state index contributed by atoms with van der Waals surface area (Å²) in [5, 5.41) is 0. The van der Waals surface area contributed by atoms with Gasteiger partial charge in [0.25, 0.3) is 0 Å². The molecular formula is C19H34N2OS. The molecule has 0 N–H and O–H groups in total. The maximum atomic E-state index is 6.25. The highest BCUT2D eigenvalue weighted by atomic mass is 32.3. The minimum absolute atomic E-state index is 0.247. The molecule has 1 aromatic carbocycles. The van der Waals surface area contributed by atoms with Crippen molar-refractivity contribution in [1.82, 2.24) is 4.90 Å². The summed E-state index contributed by atoms with van der Waals surface area (Å²) in [6, 6.07) is 8.88. The number of aryl methyl sites for hydroxylation is 1. The molecule has 0 saturated carbocycles. The van der Waals surface area contributed by atoms with Crippen LogP contribution in [0.4, 0.5) is 5.69 Å². The third kappa shape index (κ3) is 5.13. The largest absolute Gasteiger partial charge is 0.369 e. The van der Waals surface area contributed by atoms with Crippen molar-refractivity contribution in [2.24, 2.45) is 0 Å². The third-order valence-corrected chi connectivity index (χ3v) is 8.74. The summed E-state index contributed by atoms with van der Waals surface area (Å²) in [6.07, 6.45) is 4.56. The average molecular weight is 339 g/mol. The van der Waals surface area contributed by atoms with E-state index in [0.717, 1.165) is 39.3 Å². The van der Waals surface area contributed by atoms with E-state index in [0.29, 0.717) is 0 Å². The van der Waals surface area contributed by atoms with Gasteiger partial charge in [0.1, 0.15) is 0 Å². The molecule has 23 heavy (non-hydrogen) atoms. The van der Waals surface area contributed by atoms with E-state index < -0.39 is 10.3 Å². The molecule has 1 aliphatic rings. The lowest BCUT2D eigenvalue weighted by atomic mass is 10.2. The second kappa shape index (κ2) is 7.45. The Labute approximate surface area is 144 Å². The molecular weight excluding hydrogens is 304 g/mol. The Morgan fingerprint density at radius 3 is 2.09 bits per heavy atom. The first-order valence-corrected chi connectivity index (χ1v) is 11.0. The first kappa shape index (κ1) is 18.6. The second-order valence-electron chi connectivity index (χ2n) is 7.83. The summed E-state index contributed by atoms with van der Waals surface area (Å²) < 4.78 is 6.50. The lowest BCUT2D eigenvalue weighted by Crippen LogP contribution is -2.47. The Kier molecular flexibility index (Phi) is 6.04. The number of hydrogen-bond acceptors (Lipinski definition) is 3. The zero-order valence-electron chi connectivity index (χ0n) is 15.8. The van der Waals surface area contributed by atoms with Crippen LogP contribution in [-0.2, 0) is 4.18 Å². The van der Waals surface area contributed by atoms with E-state index in [4.69, 9.17) is 4.18 Å². The van der Waals surface area contributed by atoms with Gasteiger partial charge in [0, 0.05) is 43.2 Å². The Morgan fingerprint density at radius 2 is 1.57 bits per heavy atom. The zero-order valence-corrected chi connectivity index (χ0v) is 16.6. The van der Waals surface area contributed by atoms with E-state index in [-0.39, 0.29) is 4.75 Å². The number of nitrogens with zero attached hydrogens (tertiary/aromatic N) is 2. The highest BCUT2D eigenvalue weighted by Gasteiger charge is 2.29. The lowest BCUT2D eigenvalue weighted by molar-refractivity contribution is 0.210. The smallest absolute Gasteiger partial charge is 0.0719 e. The van der Waals surface area contributed by atoms with E-state index in [1.54, 1.807) is 0 Å². The minimum atomic E-state index is -0.993. The van der Waals surface area contributed by atoms with Crippen LogP contribution in [0.5, 0.6) is 0 Å². The van der Waals surface area contributed by atoms with Crippen LogP contribution in [0.15, 0.2) is 24.3 Å². The van der Waals surface area contributed by atoms with Crippen LogP contribution >= 0.6 is 10.3 Å². The van der Waals surface area contributed by atoms with Gasteiger partial charge in [-0.15, -0.1) is 10.3 Å². The van der Waals surface area contributed by atoms with Crippen LogP contribution in [-0.4, -0.2) is 61.5 Å². The molecule has 1 heterocycles. The van der Waals surface area contributed by atoms with Gasteiger partial charge in [-0.2, -0.15) is 0 Å². The van der Waals surface area contributed by atoms with Gasteiger partial charge in [0.15, 0.2) is 0 Å². The van der Waals surface area contributed by atoms with Crippen LogP contribution in [0.1, 0.15) is 26.3 Å². The molecule has 0 unspecified atom stereocenters. The fourth-order valence-electron chi connectivity index (χ4n) is 2.54. The molecule has 0 amide bonds. The highest BCUT2D eigenvalue weighted by molar-refractivity contribution is 8.29. The summed E-state index contributed by atoms with van der Waals surface area (Å²) in [6.45, 7) is 15.4. The number of piperazine rings is 1. The van der Waals surface area contributed by atoms with Gasteiger partial charge in [-0.1, -0.05) is 38.5 Å². The Hall–Kier alpha value is -0.710. The Bertz CT molecular complexity index is 485. The standard InChI is InChI=1S/C19H34N2OS/c1-17-7-9-18(10-8-17)21-13-11-20(12-14-21)15-16-22-23(5,6)19(2,3)4/h7-10H,11-16H2,1-6H3. The van der Waals surface area contributed by atoms with Crippen molar-refractivity contribution in [2.45, 2.75) is 32.4 Å². The molecule has 1 aromatic rings. The molecule has 2 rings (SSSR count). The number of anilines is 1. The van der Waals surface area contributed by atoms with E-state index in [2.05, 4.69) is 74.3 Å². The molecule has 132 valence electrons. The van der Waals surface area contributed by atoms with Gasteiger partial charge in [-0.05, 0) is 31.6 Å². The predicted octanol–water partition coefficient (Wildman–Crippen LogP) is 3.91. The van der Waals surface area contributed by atoms with Crippen molar-refractivity contribution < 1.29 is 4.18 Å². The summed E-state index contributed by atoms with van der Waals surface area (Å²) in [7, 11) is -0.993. The van der Waals surface area contributed by atoms with Crippen molar-refractivity contribution in [1.29, 1.82) is 0 Å². The monoisotopic (exact) mass is 338 g/mol. The summed E-state index contributed by atoms with van der Waals surface area (Å²) >= 11 is 0. The minimum Gasteiger partial charge on any atom is -0.369 e. The number of benzene rings is 1. The zero-order chi connectivity index (χ0) is 17.1. The maximum absolute atomic E-state index is 6.25. The van der Waals surface area contributed by atoms with E-state index in [1.165, 1.54) is 11.3 Å². The van der Waals surface area contributed by atoms with E-state index in [1.807, 2.05) is 0 Å². The molecule has 1 aliphatic heterocycles. The molecule has 0 atom stereocenters. The molecule has 1 saturated heterocycles. The highest BCUT2D eigenvalue weighted by Crippen LogP contribution is 2.53. The van der Waals surface area contributed by atoms with Crippen LogP contribution < -0.4 is 4.90 Å². The topological polar surface area (TPSA) is 15.7 Å². The van der Waals surface area contributed by atoms with Crippen LogP contribution in [0.25, 0.3) is 0 Å². The number of hydrogen-bond donors (Lipinski definition) is 0. The summed E-state index contributed by atoms with van der Waals surface area (Å²) in [5.41, 5.74) is 2.68. The van der Waals surface area contributed by atoms with Crippen LogP contribution in [0.2, 0.25) is 0 Å². The molecule has 0 radical (unpaired) electrons. The van der Waals surface area contributed by atoms with Crippen molar-refractivity contribution in [2.75, 3.05) is 56.7 Å². The third-order valence-electron chi connectivity index (χ3n) is 5.03. The normalized spacial score (nSPS) is 18.3. The molecule has 1 fully saturated rings. The van der Waals surface area contributed by atoms with Crippen molar-refractivity contribution in [3.05, 3.63) is 29.8 Å². The van der Waals surface area contributed by atoms with Gasteiger partial charge in [-0.3, -0.25) is 4.90 Å². The van der Waals surface area contributed by atoms with E-state index in [9.17, 15) is 0 Å². The number of rotatable bonds is 5. The first-order chi connectivity index (χ1) is 10.7. The van der Waals surface area contributed by atoms with E-state index >= 15 is 0 Å². The molecule has 0 aromatic heterocycles. The van der Waals surface area contributed by atoms with Gasteiger partial charge in [0.05, 0.1) is 6.61 Å². The van der Waals surface area contributed by atoms with Crippen LogP contribution in [0, 0.1) is 6.92 Å². The lowest BCUT2D eigenvalue weighted by Gasteiger charge is -2.44. The van der Waals surface area contributed by atoms with Crippen molar-refractivity contribution in [3.63, 3.8) is 0 Å². The SMILES string of the molecule is Cc1ccc(N2CCN(CCOS(C)(C)C(C)(C)C)CC2)cc1. The van der Waals surface area contributed by atoms with Gasteiger partial charge in [0.2, 0.25) is 0 Å². The first-order valence-electron chi connectivity index (χ1n) is 8.60. The van der Waals surface area contributed by atoms with Crippen molar-refractivity contribution in [3.8, 4) is 0 Å². The Morgan fingerprint density at radius 1 is 1.00 bits per heavy atom. The second-order valence-corrected chi connectivity index (χ2v) is 11.8. The molecule has 4 heteroatoms. The maximum Gasteiger partial charge on any atom is 0.0719 e. The molecule has 0 spiro atoms. The van der Waals surface area contributed by atoms with Crippen molar-refractivity contribution >= 4 is 16.0 Å². The molecule has 0 aliphatic carbocycles. The predicted molar refractivity (Wildman–Crippen MR) is 105 cm³/mol. The summed E-state index contributed by atoms with van der Waals surface area (Å²) in [5.74, 6) is 0. The fourth-order valence-corrected chi connectivity index (χ4v) is 3.38. The fraction of sp³-hybridized carbons (Fsp3) is 0.684. The molecule has 0 bridgehead atoms. The average Bonchev–Trinajstić information content (AvgIpc) is 2.47. The summed E-state index contributed by atoms with van der Waals surface area (Å²) in [4.78, 5) is 5.02.